The van der Waals surface area contributed by atoms with E-state index in [-0.39, 0.29) is 5.91 Å². The van der Waals surface area contributed by atoms with Crippen LogP contribution in [0.3, 0.4) is 0 Å². The Morgan fingerprint density at radius 3 is 2.50 bits per heavy atom. The third-order valence-corrected chi connectivity index (χ3v) is 1.84. The Morgan fingerprint density at radius 1 is 1.42 bits per heavy atom. The maximum atomic E-state index is 11.3. The predicted octanol–water partition coefficient (Wildman–Crippen LogP) is 0.854. The number of carbonyl (C=O) groups is 1. The quantitative estimate of drug-likeness (QED) is 0.644. The van der Waals surface area contributed by atoms with E-state index < -0.39 is 0 Å². The molecule has 0 heterocycles. The van der Waals surface area contributed by atoms with Crippen molar-refractivity contribution in [1.29, 1.82) is 0 Å². The van der Waals surface area contributed by atoms with Gasteiger partial charge in [-0.05, 0) is 20.4 Å². The van der Waals surface area contributed by atoms with E-state index in [1.54, 1.807) is 7.05 Å². The van der Waals surface area contributed by atoms with Gasteiger partial charge in [0.25, 0.3) is 0 Å². The van der Waals surface area contributed by atoms with E-state index in [1.165, 1.54) is 0 Å². The molecule has 0 aliphatic carbocycles. The zero-order chi connectivity index (χ0) is 9.40. The fraction of sp³-hybridized carbons (Fsp3) is 0.889. The van der Waals surface area contributed by atoms with Gasteiger partial charge in [0.15, 0.2) is 0 Å². The van der Waals surface area contributed by atoms with Gasteiger partial charge in [-0.3, -0.25) is 4.79 Å². The normalized spacial score (nSPS) is 9.92. The summed E-state index contributed by atoms with van der Waals surface area (Å²) in [6.45, 7) is 6.32. The molecule has 0 aromatic heterocycles. The van der Waals surface area contributed by atoms with E-state index >= 15 is 0 Å². The number of rotatable bonds is 6. The van der Waals surface area contributed by atoms with Crippen molar-refractivity contribution in [2.45, 2.75) is 26.7 Å². The van der Waals surface area contributed by atoms with Crippen LogP contribution in [0, 0.1) is 0 Å². The highest BCUT2D eigenvalue weighted by atomic mass is 16.2. The lowest BCUT2D eigenvalue weighted by atomic mass is 10.3. The topological polar surface area (TPSA) is 32.3 Å². The Hall–Kier alpha value is -0.570. The molecular weight excluding hydrogens is 152 g/mol. The van der Waals surface area contributed by atoms with Crippen molar-refractivity contribution in [3.05, 3.63) is 0 Å². The molecule has 0 aliphatic heterocycles. The molecule has 0 aromatic rings. The van der Waals surface area contributed by atoms with E-state index in [0.717, 1.165) is 25.9 Å². The molecule has 0 aliphatic rings. The number of hydrogen-bond donors (Lipinski definition) is 1. The first-order valence-electron chi connectivity index (χ1n) is 4.68. The average Bonchev–Trinajstić information content (AvgIpc) is 2.06. The summed E-state index contributed by atoms with van der Waals surface area (Å²) in [6, 6.07) is 0. The standard InChI is InChI=1S/C9H20N2O/c1-4-6-7-11(5-2)9(12)8-10-3/h10H,4-8H2,1-3H3. The minimum atomic E-state index is 0.202. The van der Waals surface area contributed by atoms with Crippen LogP contribution >= 0.6 is 0 Å². The van der Waals surface area contributed by atoms with Gasteiger partial charge in [-0.1, -0.05) is 13.3 Å². The number of hydrogen-bond acceptors (Lipinski definition) is 2. The first-order valence-corrected chi connectivity index (χ1v) is 4.68. The van der Waals surface area contributed by atoms with Crippen LogP contribution in [0.1, 0.15) is 26.7 Å². The second-order valence-electron chi connectivity index (χ2n) is 2.86. The fourth-order valence-corrected chi connectivity index (χ4v) is 1.07. The van der Waals surface area contributed by atoms with Crippen LogP contribution in [0.2, 0.25) is 0 Å². The van der Waals surface area contributed by atoms with Crippen molar-refractivity contribution in [3.8, 4) is 0 Å². The summed E-state index contributed by atoms with van der Waals surface area (Å²) in [5, 5.41) is 2.87. The molecule has 1 N–H and O–H groups in total. The summed E-state index contributed by atoms with van der Waals surface area (Å²) in [6.07, 6.45) is 2.24. The van der Waals surface area contributed by atoms with Gasteiger partial charge in [0.1, 0.15) is 0 Å². The highest BCUT2D eigenvalue weighted by molar-refractivity contribution is 5.78. The molecular formula is C9H20N2O. The number of carbonyl (C=O) groups excluding carboxylic acids is 1. The molecule has 0 fully saturated rings. The summed E-state index contributed by atoms with van der Waals surface area (Å²) < 4.78 is 0. The van der Waals surface area contributed by atoms with Crippen molar-refractivity contribution in [2.75, 3.05) is 26.7 Å². The van der Waals surface area contributed by atoms with Gasteiger partial charge < -0.3 is 10.2 Å². The zero-order valence-electron chi connectivity index (χ0n) is 8.39. The lowest BCUT2D eigenvalue weighted by molar-refractivity contribution is -0.130. The van der Waals surface area contributed by atoms with E-state index in [1.807, 2.05) is 11.8 Å². The third kappa shape index (κ3) is 4.34. The number of likely N-dealkylation sites (N-methyl/N-ethyl adjacent to an activating group) is 2. The van der Waals surface area contributed by atoms with Crippen molar-refractivity contribution in [3.63, 3.8) is 0 Å². The van der Waals surface area contributed by atoms with Gasteiger partial charge >= 0.3 is 0 Å². The second kappa shape index (κ2) is 7.10. The second-order valence-corrected chi connectivity index (χ2v) is 2.86. The van der Waals surface area contributed by atoms with Gasteiger partial charge in [0.05, 0.1) is 6.54 Å². The van der Waals surface area contributed by atoms with Gasteiger partial charge in [-0.15, -0.1) is 0 Å². The minimum absolute atomic E-state index is 0.202. The lowest BCUT2D eigenvalue weighted by Crippen LogP contribution is -2.37. The molecule has 0 saturated carbocycles. The van der Waals surface area contributed by atoms with Crippen LogP contribution in [0.15, 0.2) is 0 Å². The number of amides is 1. The number of nitrogens with zero attached hydrogens (tertiary/aromatic N) is 1. The monoisotopic (exact) mass is 172 g/mol. The summed E-state index contributed by atoms with van der Waals surface area (Å²) >= 11 is 0. The summed E-state index contributed by atoms with van der Waals surface area (Å²) in [5.74, 6) is 0.202. The van der Waals surface area contributed by atoms with Gasteiger partial charge in [0, 0.05) is 13.1 Å². The molecule has 3 nitrogen and oxygen atoms in total. The van der Waals surface area contributed by atoms with Crippen LogP contribution in [0.25, 0.3) is 0 Å². The molecule has 0 saturated heterocycles. The van der Waals surface area contributed by atoms with Crippen LogP contribution in [0.5, 0.6) is 0 Å². The molecule has 72 valence electrons. The number of unbranched alkanes of at least 4 members (excludes halogenated alkanes) is 1. The van der Waals surface area contributed by atoms with Crippen molar-refractivity contribution in [1.82, 2.24) is 10.2 Å². The summed E-state index contributed by atoms with van der Waals surface area (Å²) in [7, 11) is 1.80. The molecule has 0 aromatic carbocycles. The molecule has 1 amide bonds. The first kappa shape index (κ1) is 11.4. The largest absolute Gasteiger partial charge is 0.342 e. The Kier molecular flexibility index (Phi) is 6.76. The summed E-state index contributed by atoms with van der Waals surface area (Å²) in [4.78, 5) is 13.2. The predicted molar refractivity (Wildman–Crippen MR) is 51.1 cm³/mol. The zero-order valence-corrected chi connectivity index (χ0v) is 8.39. The first-order chi connectivity index (χ1) is 5.76. The SMILES string of the molecule is CCCCN(CC)C(=O)CNC. The Labute approximate surface area is 75.1 Å². The number of nitrogens with one attached hydrogen (secondary N) is 1. The van der Waals surface area contributed by atoms with E-state index in [2.05, 4.69) is 12.2 Å². The van der Waals surface area contributed by atoms with Crippen molar-refractivity contribution in [2.24, 2.45) is 0 Å². The maximum absolute atomic E-state index is 11.3. The molecule has 0 bridgehead atoms. The molecule has 3 heteroatoms. The Morgan fingerprint density at radius 2 is 2.08 bits per heavy atom. The molecule has 0 atom stereocenters. The van der Waals surface area contributed by atoms with Crippen molar-refractivity contribution >= 4 is 5.91 Å². The van der Waals surface area contributed by atoms with Crippen LogP contribution in [-0.4, -0.2) is 37.5 Å². The van der Waals surface area contributed by atoms with Gasteiger partial charge in [-0.2, -0.15) is 0 Å². The summed E-state index contributed by atoms with van der Waals surface area (Å²) in [5.41, 5.74) is 0. The van der Waals surface area contributed by atoms with E-state index in [0.29, 0.717) is 6.54 Å². The van der Waals surface area contributed by atoms with Crippen LogP contribution in [-0.2, 0) is 4.79 Å². The average molecular weight is 172 g/mol. The Bertz CT molecular complexity index is 126. The third-order valence-electron chi connectivity index (χ3n) is 1.84. The van der Waals surface area contributed by atoms with Gasteiger partial charge in [0.2, 0.25) is 5.91 Å². The van der Waals surface area contributed by atoms with Crippen LogP contribution < -0.4 is 5.32 Å². The fourth-order valence-electron chi connectivity index (χ4n) is 1.07. The van der Waals surface area contributed by atoms with Crippen molar-refractivity contribution < 1.29 is 4.79 Å². The van der Waals surface area contributed by atoms with E-state index in [9.17, 15) is 4.79 Å². The van der Waals surface area contributed by atoms with Gasteiger partial charge in [-0.25, -0.2) is 0 Å². The molecule has 0 rings (SSSR count). The molecule has 0 radical (unpaired) electrons. The Balaban J connectivity index is 3.71. The smallest absolute Gasteiger partial charge is 0.236 e. The molecule has 0 spiro atoms. The molecule has 0 unspecified atom stereocenters. The maximum Gasteiger partial charge on any atom is 0.236 e. The van der Waals surface area contributed by atoms with E-state index in [4.69, 9.17) is 0 Å². The molecule has 12 heavy (non-hydrogen) atoms. The minimum Gasteiger partial charge on any atom is -0.342 e. The highest BCUT2D eigenvalue weighted by Crippen LogP contribution is 1.94. The van der Waals surface area contributed by atoms with Crippen LogP contribution in [0.4, 0.5) is 0 Å². The highest BCUT2D eigenvalue weighted by Gasteiger charge is 2.08. The lowest BCUT2D eigenvalue weighted by Gasteiger charge is -2.20.